The van der Waals surface area contributed by atoms with Crippen LogP contribution in [0.4, 0.5) is 0 Å². The van der Waals surface area contributed by atoms with Crippen molar-refractivity contribution in [3.05, 3.63) is 0 Å². The molecule has 0 radical (unpaired) electrons. The van der Waals surface area contributed by atoms with Crippen LogP contribution in [0.5, 0.6) is 0 Å². The van der Waals surface area contributed by atoms with Crippen LogP contribution in [0, 0.1) is 139 Å². The van der Waals surface area contributed by atoms with E-state index in [1.165, 1.54) is 32.1 Å². The molecule has 586 valence electrons. The van der Waals surface area contributed by atoms with Gasteiger partial charge in [0.25, 0.3) is 0 Å². The largest absolute Gasteiger partial charge is 0.480 e. The van der Waals surface area contributed by atoms with E-state index in [1.807, 2.05) is 104 Å². The van der Waals surface area contributed by atoms with Crippen LogP contribution in [-0.2, 0) is 81.0 Å². The normalized spacial score (nSPS) is 36.5. The number of ether oxygens (including phenoxy) is 8. The number of nitrogens with zero attached hydrogens (tertiary/aromatic N) is 1. The van der Waals surface area contributed by atoms with Gasteiger partial charge < -0.3 is 43.0 Å². The molecule has 1 N–H and O–H groups in total. The predicted molar refractivity (Wildman–Crippen MR) is 390 cm³/mol. The van der Waals surface area contributed by atoms with Gasteiger partial charge >= 0.3 is 53.7 Å². The van der Waals surface area contributed by atoms with Gasteiger partial charge in [-0.1, -0.05) is 34.1 Å². The summed E-state index contributed by atoms with van der Waals surface area (Å²) in [5.74, 6) is 2.54. The van der Waals surface area contributed by atoms with Crippen molar-refractivity contribution < 1.29 is 86.2 Å². The molecular weight excluding hydrogens is 1320 g/mol. The van der Waals surface area contributed by atoms with E-state index in [4.69, 9.17) is 37.9 Å². The predicted octanol–water partition coefficient (Wildman–Crippen LogP) is 16.7. The summed E-state index contributed by atoms with van der Waals surface area (Å²) in [6.45, 7) is 41.9. The van der Waals surface area contributed by atoms with E-state index >= 15 is 0 Å². The van der Waals surface area contributed by atoms with Crippen molar-refractivity contribution in [2.75, 3.05) is 0 Å². The molecule has 22 atom stereocenters. The number of hydrogen-bond donors (Lipinski definition) is 1. The zero-order valence-electron chi connectivity index (χ0n) is 67.6. The second-order valence-electron chi connectivity index (χ2n) is 40.2. The smallest absolute Gasteiger partial charge is 0.327 e. The highest BCUT2D eigenvalue weighted by atomic mass is 16.6. The van der Waals surface area contributed by atoms with Crippen molar-refractivity contribution >= 4 is 53.7 Å². The molecule has 0 spiro atoms. The minimum Gasteiger partial charge on any atom is -0.480 e. The number of carbonyl (C=O) groups excluding carboxylic acids is 8. The standard InChI is InChI=1S/C24H38O4.C23H36O4.C19H29NO4.C19H30O6/c1-5-23(2,3)22(26)27-19-14-15-13-18(19)16-9-10-17(20(15)16)21(25)28-24(4)11-7-6-8-12-24;1-7-23(5,6)21(25)26-17-11-13-10-16(17)19-12-8-14(18(13)19)15(9-12)20(24)27-22(2,3)4;1-7-18(5,6)15(21)23-14-9-13-8-12(14)10-19(13,11-20)16(22)24-17(2,3)4;1-7-18(5,6)15(22)24-13-9-12-8-11(13)10-19(12,14(20)21)16(23)25-17(2,3)4/h15-20H,5-14H2,1-4H3;12-19H,7-11H2,1-6H3;12-14H,7-10H2,1-6H3;11-13H,7-10H2,1-6H3,(H,20,21). The molecule has 0 aromatic rings. The highest BCUT2D eigenvalue weighted by Gasteiger charge is 2.69. The van der Waals surface area contributed by atoms with Gasteiger partial charge in [-0.2, -0.15) is 5.26 Å². The fourth-order valence-electron chi connectivity index (χ4n) is 20.9. The lowest BCUT2D eigenvalue weighted by molar-refractivity contribution is -0.184. The third-order valence-electron chi connectivity index (χ3n) is 28.2. The Kier molecular flexibility index (Phi) is 24.1. The molecule has 0 heterocycles. The van der Waals surface area contributed by atoms with Crippen LogP contribution in [0.15, 0.2) is 0 Å². The molecule has 12 saturated carbocycles. The maximum absolute atomic E-state index is 13.1. The Labute approximate surface area is 622 Å². The second-order valence-corrected chi connectivity index (χ2v) is 40.2. The number of aliphatic carboxylic acids is 1. The van der Waals surface area contributed by atoms with Crippen molar-refractivity contribution in [1.29, 1.82) is 5.26 Å². The molecule has 10 bridgehead atoms. The van der Waals surface area contributed by atoms with Crippen molar-refractivity contribution in [3.8, 4) is 6.07 Å². The van der Waals surface area contributed by atoms with E-state index in [2.05, 4.69) is 13.0 Å². The number of esters is 8. The monoisotopic (exact) mass is 1460 g/mol. The average molecular weight is 1460 g/mol. The Morgan fingerprint density at radius 1 is 0.413 bits per heavy atom. The SMILES string of the molecule is CCC(C)(C)C(=O)OC1CC2CC1C1C3CC(C(=O)OC(C)(C)C)C(C3)C21.CCC(C)(C)C(=O)OC1CC2CC1C1CCC(C(=O)OC3(C)CCCCC3)C21.CCC(C)(C)C(=O)OC1CC2CC1CC2(C#N)C(=O)OC(C)(C)C.CCC(C)(C)C(=O)OC1CC2CC1CC2(C(=O)O)C(=O)OC(C)(C)C. The van der Waals surface area contributed by atoms with Crippen LogP contribution < -0.4 is 0 Å². The third-order valence-corrected chi connectivity index (χ3v) is 28.2. The molecule has 12 rings (SSSR count). The maximum atomic E-state index is 13.1. The molecular formula is C85H133NO18. The van der Waals surface area contributed by atoms with Gasteiger partial charge in [-0.15, -0.1) is 0 Å². The first-order valence-electron chi connectivity index (χ1n) is 40.5. The Hall–Kier alpha value is -5.28. The van der Waals surface area contributed by atoms with Gasteiger partial charge in [-0.05, 0) is 349 Å². The first-order chi connectivity index (χ1) is 48.0. The van der Waals surface area contributed by atoms with E-state index < -0.39 is 67.2 Å². The van der Waals surface area contributed by atoms with Crippen LogP contribution in [-0.4, -0.2) is 106 Å². The third kappa shape index (κ3) is 16.9. The highest BCUT2D eigenvalue weighted by molar-refractivity contribution is 6.00. The summed E-state index contributed by atoms with van der Waals surface area (Å²) in [7, 11) is 0. The minimum absolute atomic E-state index is 0.0175. The van der Waals surface area contributed by atoms with Crippen molar-refractivity contribution in [3.63, 3.8) is 0 Å². The lowest BCUT2D eigenvalue weighted by Gasteiger charge is -2.41. The van der Waals surface area contributed by atoms with Gasteiger partial charge in [0.2, 0.25) is 0 Å². The Bertz CT molecular complexity index is 3240. The molecule has 0 amide bonds. The summed E-state index contributed by atoms with van der Waals surface area (Å²) in [4.78, 5) is 113. The molecule has 19 heteroatoms. The molecule has 0 aliphatic heterocycles. The maximum Gasteiger partial charge on any atom is 0.327 e. The number of carbonyl (C=O) groups is 9. The van der Waals surface area contributed by atoms with E-state index in [-0.39, 0.29) is 108 Å². The Balaban J connectivity index is 0.000000161. The molecule has 0 saturated heterocycles. The second kappa shape index (κ2) is 30.3. The van der Waals surface area contributed by atoms with Gasteiger partial charge in [0, 0.05) is 0 Å². The number of fused-ring (bicyclic) bond motifs is 18. The van der Waals surface area contributed by atoms with Gasteiger partial charge in [-0.3, -0.25) is 43.2 Å². The summed E-state index contributed by atoms with van der Waals surface area (Å²) in [5, 5.41) is 19.5. The molecule has 19 nitrogen and oxygen atoms in total. The quantitative estimate of drug-likeness (QED) is 0.0578. The van der Waals surface area contributed by atoms with Crippen LogP contribution in [0.2, 0.25) is 0 Å². The summed E-state index contributed by atoms with van der Waals surface area (Å²) in [6.07, 6.45) is 19.7. The van der Waals surface area contributed by atoms with E-state index in [0.717, 1.165) is 70.6 Å². The molecule has 104 heavy (non-hydrogen) atoms. The zero-order valence-corrected chi connectivity index (χ0v) is 67.6. The number of hydrogen-bond acceptors (Lipinski definition) is 18. The van der Waals surface area contributed by atoms with Crippen LogP contribution in [0.3, 0.4) is 0 Å². The molecule has 0 aromatic heterocycles. The summed E-state index contributed by atoms with van der Waals surface area (Å²) in [5.41, 5.74) is -6.44. The van der Waals surface area contributed by atoms with Gasteiger partial charge in [0.1, 0.15) is 46.8 Å². The molecule has 12 fully saturated rings. The van der Waals surface area contributed by atoms with Crippen LogP contribution >= 0.6 is 0 Å². The van der Waals surface area contributed by atoms with Gasteiger partial charge in [0.15, 0.2) is 10.8 Å². The summed E-state index contributed by atoms with van der Waals surface area (Å²) in [6, 6.07) is 2.23. The number of carboxylic acid groups (broad SMARTS) is 1. The number of nitriles is 1. The van der Waals surface area contributed by atoms with Gasteiger partial charge in [0.05, 0.1) is 39.6 Å². The molecule has 22 unspecified atom stereocenters. The fourth-order valence-corrected chi connectivity index (χ4v) is 20.9. The van der Waals surface area contributed by atoms with Crippen LogP contribution in [0.25, 0.3) is 0 Å². The van der Waals surface area contributed by atoms with E-state index in [1.54, 1.807) is 41.5 Å². The van der Waals surface area contributed by atoms with E-state index in [9.17, 15) is 53.5 Å². The molecule has 12 aliphatic carbocycles. The molecule has 0 aromatic carbocycles. The summed E-state index contributed by atoms with van der Waals surface area (Å²) < 4.78 is 46.1. The average Bonchev–Trinajstić information content (AvgIpc) is 1.49. The zero-order chi connectivity index (χ0) is 77.4. The van der Waals surface area contributed by atoms with Gasteiger partial charge in [-0.25, -0.2) is 0 Å². The van der Waals surface area contributed by atoms with E-state index in [0.29, 0.717) is 97.7 Å². The summed E-state index contributed by atoms with van der Waals surface area (Å²) >= 11 is 0. The minimum atomic E-state index is -1.51. The lowest BCUT2D eigenvalue weighted by Crippen LogP contribution is -2.49. The van der Waals surface area contributed by atoms with Crippen molar-refractivity contribution in [2.45, 2.75) is 347 Å². The first-order valence-corrected chi connectivity index (χ1v) is 40.5. The van der Waals surface area contributed by atoms with Crippen molar-refractivity contribution in [1.82, 2.24) is 0 Å². The topological polar surface area (TPSA) is 271 Å². The van der Waals surface area contributed by atoms with Crippen molar-refractivity contribution in [2.24, 2.45) is 127 Å². The highest BCUT2D eigenvalue weighted by Crippen LogP contribution is 2.70. The fraction of sp³-hybridized carbons (Fsp3) is 0.882. The number of rotatable bonds is 18. The Morgan fingerprint density at radius 3 is 1.27 bits per heavy atom. The molecule has 12 aliphatic rings. The van der Waals surface area contributed by atoms with Crippen LogP contribution in [0.1, 0.15) is 300 Å². The Morgan fingerprint density at radius 2 is 0.827 bits per heavy atom. The number of carboxylic acids is 1. The lowest BCUT2D eigenvalue weighted by atomic mass is 9.66. The first kappa shape index (κ1) is 82.8.